The van der Waals surface area contributed by atoms with Crippen LogP contribution in [0.15, 0.2) is 30.3 Å². The van der Waals surface area contributed by atoms with Crippen LogP contribution in [0.3, 0.4) is 0 Å². The Kier molecular flexibility index (Phi) is 4.00. The van der Waals surface area contributed by atoms with Gasteiger partial charge in [0.25, 0.3) is 0 Å². The van der Waals surface area contributed by atoms with E-state index in [1.165, 1.54) is 4.90 Å². The highest BCUT2D eigenvalue weighted by Gasteiger charge is 2.46. The number of amides is 1. The van der Waals surface area contributed by atoms with Crippen LogP contribution in [0, 0.1) is 16.7 Å². The molecule has 0 N–H and O–H groups in total. The molecule has 2 rings (SSSR count). The maximum absolute atomic E-state index is 12.3. The third kappa shape index (κ3) is 3.02. The molecule has 100 valence electrons. The predicted octanol–water partition coefficient (Wildman–Crippen LogP) is 2.51. The lowest BCUT2D eigenvalue weighted by molar-refractivity contribution is 0.0163. The van der Waals surface area contributed by atoms with Crippen molar-refractivity contribution >= 4 is 6.09 Å². The van der Waals surface area contributed by atoms with Gasteiger partial charge in [-0.05, 0) is 12.0 Å². The monoisotopic (exact) mass is 262 g/mol. The van der Waals surface area contributed by atoms with Crippen molar-refractivity contribution in [1.29, 1.82) is 5.26 Å². The fraction of sp³-hybridized carbons (Fsp3) is 0.429. The second kappa shape index (κ2) is 5.70. The molecule has 0 aliphatic carbocycles. The number of carbonyl (C=O) groups is 1. The van der Waals surface area contributed by atoms with Crippen molar-refractivity contribution in [1.82, 2.24) is 4.90 Å². The molecule has 1 aromatic carbocycles. The van der Waals surface area contributed by atoms with E-state index in [4.69, 9.17) is 10.00 Å². The number of hydrogen-bond acceptors (Lipinski definition) is 3. The van der Waals surface area contributed by atoms with E-state index in [0.29, 0.717) is 0 Å². The van der Waals surface area contributed by atoms with E-state index in [0.717, 1.165) is 5.56 Å². The Morgan fingerprint density at radius 1 is 1.42 bits per heavy atom. The Labute approximate surface area is 111 Å². The molecular formula is C14H15FN2O2. The van der Waals surface area contributed by atoms with Crippen LogP contribution in [-0.2, 0) is 11.3 Å². The van der Waals surface area contributed by atoms with Gasteiger partial charge in [0, 0.05) is 13.1 Å². The molecule has 0 aromatic heterocycles. The third-order valence-corrected chi connectivity index (χ3v) is 3.26. The second-order valence-corrected chi connectivity index (χ2v) is 4.73. The van der Waals surface area contributed by atoms with Gasteiger partial charge in [-0.1, -0.05) is 30.3 Å². The van der Waals surface area contributed by atoms with Crippen molar-refractivity contribution in [3.8, 4) is 6.07 Å². The number of rotatable bonds is 4. The van der Waals surface area contributed by atoms with Crippen LogP contribution >= 0.6 is 0 Å². The summed E-state index contributed by atoms with van der Waals surface area (Å²) in [5.41, 5.74) is 0.187. The fourth-order valence-corrected chi connectivity index (χ4v) is 2.09. The van der Waals surface area contributed by atoms with Gasteiger partial charge in [0.2, 0.25) is 0 Å². The summed E-state index contributed by atoms with van der Waals surface area (Å²) in [5.74, 6) is 0. The summed E-state index contributed by atoms with van der Waals surface area (Å²) in [7, 11) is 0. The Balaban J connectivity index is 1.79. The van der Waals surface area contributed by atoms with Gasteiger partial charge in [-0.2, -0.15) is 5.26 Å². The molecule has 1 aliphatic heterocycles. The standard InChI is InChI=1S/C14H15FN2O2/c15-7-6-14(9-16)10-17(11-14)13(18)19-8-12-4-2-1-3-5-12/h1-5H,6-8,10-11H2. The summed E-state index contributed by atoms with van der Waals surface area (Å²) in [6.45, 7) is 0.168. The summed E-state index contributed by atoms with van der Waals surface area (Å²) in [6.07, 6.45) is -0.278. The molecule has 4 nitrogen and oxygen atoms in total. The molecule has 1 heterocycles. The first-order chi connectivity index (χ1) is 9.19. The van der Waals surface area contributed by atoms with Gasteiger partial charge < -0.3 is 9.64 Å². The Morgan fingerprint density at radius 2 is 2.11 bits per heavy atom. The van der Waals surface area contributed by atoms with Gasteiger partial charge in [0.05, 0.1) is 18.2 Å². The summed E-state index contributed by atoms with van der Waals surface area (Å²) in [5, 5.41) is 8.98. The minimum atomic E-state index is -0.722. The van der Waals surface area contributed by atoms with Crippen LogP contribution < -0.4 is 0 Å². The molecule has 1 fully saturated rings. The molecule has 0 saturated carbocycles. The van der Waals surface area contributed by atoms with Gasteiger partial charge in [0.15, 0.2) is 0 Å². The number of likely N-dealkylation sites (tertiary alicyclic amines) is 1. The highest BCUT2D eigenvalue weighted by molar-refractivity contribution is 5.69. The van der Waals surface area contributed by atoms with Gasteiger partial charge in [-0.3, -0.25) is 4.39 Å². The molecular weight excluding hydrogens is 247 g/mol. The first-order valence-corrected chi connectivity index (χ1v) is 6.12. The molecule has 0 radical (unpaired) electrons. The largest absolute Gasteiger partial charge is 0.445 e. The van der Waals surface area contributed by atoms with Gasteiger partial charge >= 0.3 is 6.09 Å². The highest BCUT2D eigenvalue weighted by atomic mass is 19.1. The van der Waals surface area contributed by atoms with E-state index in [2.05, 4.69) is 6.07 Å². The van der Waals surface area contributed by atoms with E-state index in [-0.39, 0.29) is 26.1 Å². The van der Waals surface area contributed by atoms with E-state index in [9.17, 15) is 9.18 Å². The zero-order valence-electron chi connectivity index (χ0n) is 10.5. The number of ether oxygens (including phenoxy) is 1. The summed E-state index contributed by atoms with van der Waals surface area (Å²) in [4.78, 5) is 13.1. The quantitative estimate of drug-likeness (QED) is 0.837. The molecule has 1 amide bonds. The smallest absolute Gasteiger partial charge is 0.410 e. The van der Waals surface area contributed by atoms with Gasteiger partial charge in [-0.25, -0.2) is 4.79 Å². The zero-order valence-corrected chi connectivity index (χ0v) is 10.5. The molecule has 0 unspecified atom stereocenters. The number of carbonyl (C=O) groups excluding carboxylic acids is 1. The van der Waals surface area contributed by atoms with Crippen molar-refractivity contribution in [3.05, 3.63) is 35.9 Å². The van der Waals surface area contributed by atoms with Gasteiger partial charge in [-0.15, -0.1) is 0 Å². The third-order valence-electron chi connectivity index (χ3n) is 3.26. The summed E-state index contributed by atoms with van der Waals surface area (Å²) < 4.78 is 17.4. The topological polar surface area (TPSA) is 53.3 Å². The number of alkyl halides is 1. The molecule has 1 aliphatic rings. The van der Waals surface area contributed by atoms with Crippen molar-refractivity contribution in [2.45, 2.75) is 13.0 Å². The fourth-order valence-electron chi connectivity index (χ4n) is 2.09. The van der Waals surface area contributed by atoms with Crippen molar-refractivity contribution in [2.24, 2.45) is 5.41 Å². The van der Waals surface area contributed by atoms with Crippen LogP contribution in [0.1, 0.15) is 12.0 Å². The Hall–Kier alpha value is -2.09. The van der Waals surface area contributed by atoms with Crippen molar-refractivity contribution in [3.63, 3.8) is 0 Å². The molecule has 0 bridgehead atoms. The van der Waals surface area contributed by atoms with Crippen LogP contribution in [-0.4, -0.2) is 30.8 Å². The normalized spacial score (nSPS) is 16.3. The number of nitriles is 1. The second-order valence-electron chi connectivity index (χ2n) is 4.73. The number of nitrogens with zero attached hydrogens (tertiary/aromatic N) is 2. The number of halogens is 1. The molecule has 5 heteroatoms. The average molecular weight is 262 g/mol. The maximum atomic E-state index is 12.3. The van der Waals surface area contributed by atoms with E-state index < -0.39 is 18.2 Å². The number of benzene rings is 1. The average Bonchev–Trinajstić information content (AvgIpc) is 2.41. The SMILES string of the molecule is N#CC1(CCF)CN(C(=O)OCc2ccccc2)C1. The molecule has 0 atom stereocenters. The van der Waals surface area contributed by atoms with E-state index in [1.807, 2.05) is 30.3 Å². The first kappa shape index (κ1) is 13.3. The van der Waals surface area contributed by atoms with Crippen LogP contribution in [0.5, 0.6) is 0 Å². The molecule has 1 saturated heterocycles. The van der Waals surface area contributed by atoms with Crippen LogP contribution in [0.2, 0.25) is 0 Å². The lowest BCUT2D eigenvalue weighted by Crippen LogP contribution is -2.58. The van der Waals surface area contributed by atoms with Crippen molar-refractivity contribution in [2.75, 3.05) is 19.8 Å². The summed E-state index contributed by atoms with van der Waals surface area (Å²) in [6, 6.07) is 11.4. The number of hydrogen-bond donors (Lipinski definition) is 0. The van der Waals surface area contributed by atoms with Crippen LogP contribution in [0.4, 0.5) is 9.18 Å². The lowest BCUT2D eigenvalue weighted by Gasteiger charge is -2.44. The van der Waals surface area contributed by atoms with Crippen LogP contribution in [0.25, 0.3) is 0 Å². The highest BCUT2D eigenvalue weighted by Crippen LogP contribution is 2.33. The van der Waals surface area contributed by atoms with E-state index in [1.54, 1.807) is 0 Å². The molecule has 0 spiro atoms. The minimum Gasteiger partial charge on any atom is -0.445 e. The Bertz CT molecular complexity index is 478. The Morgan fingerprint density at radius 3 is 2.68 bits per heavy atom. The van der Waals surface area contributed by atoms with Gasteiger partial charge in [0.1, 0.15) is 6.61 Å². The minimum absolute atomic E-state index is 0.173. The lowest BCUT2D eigenvalue weighted by atomic mass is 9.79. The molecule has 19 heavy (non-hydrogen) atoms. The maximum Gasteiger partial charge on any atom is 0.410 e. The zero-order chi connectivity index (χ0) is 13.7. The first-order valence-electron chi connectivity index (χ1n) is 6.12. The molecule has 1 aromatic rings. The van der Waals surface area contributed by atoms with E-state index >= 15 is 0 Å². The van der Waals surface area contributed by atoms with Crippen molar-refractivity contribution < 1.29 is 13.9 Å². The predicted molar refractivity (Wildman–Crippen MR) is 66.8 cm³/mol. The summed E-state index contributed by atoms with van der Waals surface area (Å²) >= 11 is 0.